The van der Waals surface area contributed by atoms with Crippen LogP contribution in [0.2, 0.25) is 5.02 Å². The third-order valence-electron chi connectivity index (χ3n) is 2.17. The van der Waals surface area contributed by atoms with E-state index in [9.17, 15) is 9.90 Å². The van der Waals surface area contributed by atoms with Crippen LogP contribution in [0.1, 0.15) is 18.9 Å². The van der Waals surface area contributed by atoms with Crippen molar-refractivity contribution in [3.63, 3.8) is 0 Å². The lowest BCUT2D eigenvalue weighted by molar-refractivity contribution is -0.142. The zero-order valence-corrected chi connectivity index (χ0v) is 10.5. The molecule has 1 aromatic carbocycles. The summed E-state index contributed by atoms with van der Waals surface area (Å²) in [6.45, 7) is 3.14. The first-order valence-electron chi connectivity index (χ1n) is 5.47. The Balaban J connectivity index is 2.31. The average molecular weight is 258 g/mol. The normalized spacial score (nSPS) is 10.2. The lowest BCUT2D eigenvalue weighted by Gasteiger charge is -2.07. The molecule has 0 radical (unpaired) electrons. The van der Waals surface area contributed by atoms with Crippen molar-refractivity contribution in [2.24, 2.45) is 0 Å². The molecule has 0 saturated heterocycles. The van der Waals surface area contributed by atoms with Crippen LogP contribution in [0.4, 0.5) is 0 Å². The summed E-state index contributed by atoms with van der Waals surface area (Å²) in [5.41, 5.74) is 0.710. The number of rotatable bonds is 6. The first-order valence-corrected chi connectivity index (χ1v) is 5.85. The smallest absolute Gasteiger partial charge is 0.307 e. The molecular weight excluding hydrogens is 242 g/mol. The van der Waals surface area contributed by atoms with E-state index in [1.807, 2.05) is 0 Å². The Morgan fingerprint density at radius 2 is 2.29 bits per heavy atom. The van der Waals surface area contributed by atoms with Gasteiger partial charge in [-0.05, 0) is 25.1 Å². The topological polar surface area (TPSA) is 58.6 Å². The molecule has 0 heterocycles. The van der Waals surface area contributed by atoms with Crippen molar-refractivity contribution < 1.29 is 14.6 Å². The van der Waals surface area contributed by atoms with Crippen LogP contribution in [-0.2, 0) is 16.1 Å². The largest absolute Gasteiger partial charge is 0.508 e. The molecule has 1 rings (SSSR count). The second kappa shape index (κ2) is 7.14. The van der Waals surface area contributed by atoms with Gasteiger partial charge < -0.3 is 15.2 Å². The zero-order chi connectivity index (χ0) is 12.7. The minimum absolute atomic E-state index is 0.193. The molecule has 5 heteroatoms. The first-order chi connectivity index (χ1) is 8.13. The fourth-order valence-corrected chi connectivity index (χ4v) is 1.54. The second-order valence-electron chi connectivity index (χ2n) is 3.50. The minimum Gasteiger partial charge on any atom is -0.508 e. The average Bonchev–Trinajstić information content (AvgIpc) is 2.29. The number of hydrogen-bond donors (Lipinski definition) is 2. The molecule has 0 bridgehead atoms. The summed E-state index contributed by atoms with van der Waals surface area (Å²) in [6.07, 6.45) is 0.315. The van der Waals surface area contributed by atoms with E-state index in [-0.39, 0.29) is 11.7 Å². The number of phenols is 1. The number of esters is 1. The van der Waals surface area contributed by atoms with Gasteiger partial charge in [-0.1, -0.05) is 11.6 Å². The number of carbonyl (C=O) groups excluding carboxylic acids is 1. The van der Waals surface area contributed by atoms with E-state index < -0.39 is 0 Å². The molecule has 1 aromatic rings. The van der Waals surface area contributed by atoms with Gasteiger partial charge in [-0.25, -0.2) is 0 Å². The fraction of sp³-hybridized carbons (Fsp3) is 0.417. The lowest BCUT2D eigenvalue weighted by Crippen LogP contribution is -2.19. The molecule has 4 nitrogen and oxygen atoms in total. The number of ether oxygens (including phenoxy) is 1. The van der Waals surface area contributed by atoms with Crippen LogP contribution in [0.5, 0.6) is 5.75 Å². The number of hydrogen-bond acceptors (Lipinski definition) is 4. The molecular formula is C12H16ClNO3. The van der Waals surface area contributed by atoms with E-state index in [0.717, 1.165) is 0 Å². The number of phenolic OH excluding ortho intramolecular Hbond substituents is 1. The molecule has 94 valence electrons. The molecule has 2 N–H and O–H groups in total. The van der Waals surface area contributed by atoms with Gasteiger partial charge in [0.15, 0.2) is 0 Å². The van der Waals surface area contributed by atoms with E-state index in [0.29, 0.717) is 36.7 Å². The summed E-state index contributed by atoms with van der Waals surface area (Å²) >= 11 is 5.81. The van der Waals surface area contributed by atoms with Gasteiger partial charge in [-0.15, -0.1) is 0 Å². The molecule has 0 amide bonds. The molecule has 0 saturated carbocycles. The maximum Gasteiger partial charge on any atom is 0.307 e. The Morgan fingerprint density at radius 3 is 3.00 bits per heavy atom. The monoisotopic (exact) mass is 257 g/mol. The standard InChI is InChI=1S/C12H16ClNO3/c1-2-17-12(16)5-6-14-8-9-7-10(13)3-4-11(9)15/h3-4,7,14-15H,2,5-6,8H2,1H3. The number of nitrogens with one attached hydrogen (secondary N) is 1. The molecule has 0 aromatic heterocycles. The van der Waals surface area contributed by atoms with Crippen molar-refractivity contribution >= 4 is 17.6 Å². The molecule has 0 aliphatic rings. The minimum atomic E-state index is -0.227. The van der Waals surface area contributed by atoms with Gasteiger partial charge in [0, 0.05) is 23.7 Å². The summed E-state index contributed by atoms with van der Waals surface area (Å²) in [6, 6.07) is 4.86. The van der Waals surface area contributed by atoms with Crippen LogP contribution >= 0.6 is 11.6 Å². The van der Waals surface area contributed by atoms with Gasteiger partial charge in [0.25, 0.3) is 0 Å². The van der Waals surface area contributed by atoms with Crippen LogP contribution in [0.15, 0.2) is 18.2 Å². The highest BCUT2D eigenvalue weighted by molar-refractivity contribution is 6.30. The van der Waals surface area contributed by atoms with Crippen LogP contribution < -0.4 is 5.32 Å². The summed E-state index contributed by atoms with van der Waals surface area (Å²) < 4.78 is 4.79. The van der Waals surface area contributed by atoms with Crippen molar-refractivity contribution in [3.8, 4) is 5.75 Å². The molecule has 0 unspecified atom stereocenters. The third kappa shape index (κ3) is 5.06. The predicted octanol–water partition coefficient (Wildman–Crippen LogP) is 2.09. The molecule has 0 aliphatic heterocycles. The number of carbonyl (C=O) groups is 1. The van der Waals surface area contributed by atoms with E-state index >= 15 is 0 Å². The molecule has 0 aliphatic carbocycles. The zero-order valence-electron chi connectivity index (χ0n) is 9.70. The van der Waals surface area contributed by atoms with Crippen molar-refractivity contribution in [1.82, 2.24) is 5.32 Å². The van der Waals surface area contributed by atoms with Gasteiger partial charge in [0.1, 0.15) is 5.75 Å². The highest BCUT2D eigenvalue weighted by Gasteiger charge is 2.03. The Bertz CT molecular complexity index is 382. The number of aromatic hydroxyl groups is 1. The summed E-state index contributed by atoms with van der Waals surface area (Å²) in [5, 5.41) is 13.2. The fourth-order valence-electron chi connectivity index (χ4n) is 1.34. The number of benzene rings is 1. The van der Waals surface area contributed by atoms with Gasteiger partial charge in [-0.2, -0.15) is 0 Å². The SMILES string of the molecule is CCOC(=O)CCNCc1cc(Cl)ccc1O. The molecule has 17 heavy (non-hydrogen) atoms. The van der Waals surface area contributed by atoms with Crippen LogP contribution in [0.25, 0.3) is 0 Å². The maximum atomic E-state index is 11.0. The molecule has 0 spiro atoms. The quantitative estimate of drug-likeness (QED) is 0.605. The van der Waals surface area contributed by atoms with E-state index in [1.165, 1.54) is 0 Å². The summed E-state index contributed by atoms with van der Waals surface area (Å²) in [4.78, 5) is 11.0. The summed E-state index contributed by atoms with van der Waals surface area (Å²) in [5.74, 6) is -0.0339. The summed E-state index contributed by atoms with van der Waals surface area (Å²) in [7, 11) is 0. The van der Waals surface area contributed by atoms with E-state index in [4.69, 9.17) is 16.3 Å². The highest BCUT2D eigenvalue weighted by atomic mass is 35.5. The van der Waals surface area contributed by atoms with Crippen molar-refractivity contribution in [2.75, 3.05) is 13.2 Å². The highest BCUT2D eigenvalue weighted by Crippen LogP contribution is 2.20. The van der Waals surface area contributed by atoms with Crippen LogP contribution in [-0.4, -0.2) is 24.2 Å². The third-order valence-corrected chi connectivity index (χ3v) is 2.40. The number of halogens is 1. The van der Waals surface area contributed by atoms with Gasteiger partial charge in [0.2, 0.25) is 0 Å². The maximum absolute atomic E-state index is 11.0. The van der Waals surface area contributed by atoms with Crippen LogP contribution in [0, 0.1) is 0 Å². The van der Waals surface area contributed by atoms with Crippen molar-refractivity contribution in [1.29, 1.82) is 0 Å². The Labute approximate surface area is 106 Å². The van der Waals surface area contributed by atoms with Crippen molar-refractivity contribution in [2.45, 2.75) is 19.9 Å². The van der Waals surface area contributed by atoms with Gasteiger partial charge >= 0.3 is 5.97 Å². The molecule has 0 atom stereocenters. The Hall–Kier alpha value is -1.26. The first kappa shape index (κ1) is 13.8. The van der Waals surface area contributed by atoms with Crippen LogP contribution in [0.3, 0.4) is 0 Å². The lowest BCUT2D eigenvalue weighted by atomic mass is 10.2. The predicted molar refractivity (Wildman–Crippen MR) is 66.1 cm³/mol. The Morgan fingerprint density at radius 1 is 1.53 bits per heavy atom. The van der Waals surface area contributed by atoms with E-state index in [2.05, 4.69) is 5.32 Å². The molecule has 0 fully saturated rings. The van der Waals surface area contributed by atoms with Gasteiger partial charge in [0.05, 0.1) is 13.0 Å². The van der Waals surface area contributed by atoms with Gasteiger partial charge in [-0.3, -0.25) is 4.79 Å². The van der Waals surface area contributed by atoms with E-state index in [1.54, 1.807) is 25.1 Å². The Kier molecular flexibility index (Phi) is 5.80. The van der Waals surface area contributed by atoms with Crippen molar-refractivity contribution in [3.05, 3.63) is 28.8 Å². The second-order valence-corrected chi connectivity index (χ2v) is 3.94.